The van der Waals surface area contributed by atoms with Crippen LogP contribution in [-0.4, -0.2) is 19.8 Å². The second-order valence-electron chi connectivity index (χ2n) is 6.45. The fourth-order valence-electron chi connectivity index (χ4n) is 3.45. The quantitative estimate of drug-likeness (QED) is 0.806. The Morgan fingerprint density at radius 3 is 2.45 bits per heavy atom. The minimum Gasteiger partial charge on any atom is -0.497 e. The van der Waals surface area contributed by atoms with Gasteiger partial charge in [-0.2, -0.15) is 0 Å². The number of hydrogen-bond donors (Lipinski definition) is 0. The van der Waals surface area contributed by atoms with Gasteiger partial charge in [0.05, 0.1) is 19.8 Å². The average molecular weight is 270 g/mol. The van der Waals surface area contributed by atoms with E-state index in [0.29, 0.717) is 5.92 Å². The molecule has 0 bridgehead atoms. The van der Waals surface area contributed by atoms with Crippen molar-refractivity contribution >= 4 is 10.8 Å². The second kappa shape index (κ2) is 4.78. The molecular weight excluding hydrogens is 248 g/mol. The summed E-state index contributed by atoms with van der Waals surface area (Å²) in [7, 11) is 1.70. The van der Waals surface area contributed by atoms with Gasteiger partial charge < -0.3 is 9.47 Å². The first-order valence-corrected chi connectivity index (χ1v) is 7.20. The second-order valence-corrected chi connectivity index (χ2v) is 6.45. The van der Waals surface area contributed by atoms with Crippen molar-refractivity contribution in [1.29, 1.82) is 0 Å². The maximum Gasteiger partial charge on any atom is 0.119 e. The van der Waals surface area contributed by atoms with E-state index >= 15 is 0 Å². The predicted octanol–water partition coefficient (Wildman–Crippen LogP) is 4.38. The van der Waals surface area contributed by atoms with E-state index in [1.54, 1.807) is 7.11 Å². The van der Waals surface area contributed by atoms with E-state index in [2.05, 4.69) is 51.1 Å². The third-order valence-electron chi connectivity index (χ3n) is 4.46. The Kier molecular flexibility index (Phi) is 3.21. The van der Waals surface area contributed by atoms with Gasteiger partial charge in [0.25, 0.3) is 0 Å². The first kappa shape index (κ1) is 13.4. The van der Waals surface area contributed by atoms with Crippen LogP contribution < -0.4 is 4.74 Å². The lowest BCUT2D eigenvalue weighted by Crippen LogP contribution is -2.23. The molecule has 0 aliphatic carbocycles. The third kappa shape index (κ3) is 2.18. The smallest absolute Gasteiger partial charge is 0.119 e. The first-order valence-electron chi connectivity index (χ1n) is 7.20. The number of ether oxygens (including phenoxy) is 2. The fraction of sp³-hybridized carbons (Fsp3) is 0.444. The standard InChI is InChI=1S/C18H22O2/c1-12-17(18(2,3)11-20-12)15-6-5-14-10-16(19-4)8-7-13(14)9-15/h5-10,12,17H,11H2,1-4H3/t12-,17+/m0/s1. The molecule has 1 aliphatic heterocycles. The molecule has 0 radical (unpaired) electrons. The number of benzene rings is 2. The Morgan fingerprint density at radius 2 is 1.80 bits per heavy atom. The zero-order valence-corrected chi connectivity index (χ0v) is 12.6. The predicted molar refractivity (Wildman–Crippen MR) is 82.4 cm³/mol. The molecule has 0 spiro atoms. The van der Waals surface area contributed by atoms with Crippen LogP contribution in [-0.2, 0) is 4.74 Å². The van der Waals surface area contributed by atoms with E-state index in [0.717, 1.165) is 12.4 Å². The molecule has 2 aromatic carbocycles. The molecule has 1 fully saturated rings. The van der Waals surface area contributed by atoms with E-state index in [4.69, 9.17) is 9.47 Å². The first-order chi connectivity index (χ1) is 9.51. The molecule has 1 saturated heterocycles. The van der Waals surface area contributed by atoms with Crippen molar-refractivity contribution in [3.05, 3.63) is 42.0 Å². The van der Waals surface area contributed by atoms with Gasteiger partial charge in [-0.05, 0) is 40.8 Å². The Hall–Kier alpha value is -1.54. The van der Waals surface area contributed by atoms with Gasteiger partial charge >= 0.3 is 0 Å². The summed E-state index contributed by atoms with van der Waals surface area (Å²) in [5.41, 5.74) is 1.57. The van der Waals surface area contributed by atoms with Crippen molar-refractivity contribution in [2.24, 2.45) is 5.41 Å². The minimum atomic E-state index is 0.194. The van der Waals surface area contributed by atoms with Gasteiger partial charge in [-0.3, -0.25) is 0 Å². The topological polar surface area (TPSA) is 18.5 Å². The molecule has 2 heteroatoms. The molecule has 2 nitrogen and oxygen atoms in total. The highest BCUT2D eigenvalue weighted by Crippen LogP contribution is 2.45. The summed E-state index contributed by atoms with van der Waals surface area (Å²) in [6.45, 7) is 7.59. The Balaban J connectivity index is 2.05. The average Bonchev–Trinajstić information content (AvgIpc) is 2.71. The van der Waals surface area contributed by atoms with Gasteiger partial charge in [0.1, 0.15) is 5.75 Å². The van der Waals surface area contributed by atoms with Gasteiger partial charge in [-0.15, -0.1) is 0 Å². The number of fused-ring (bicyclic) bond motifs is 1. The molecule has 1 heterocycles. The molecule has 0 saturated carbocycles. The molecule has 2 aromatic rings. The molecule has 0 unspecified atom stereocenters. The van der Waals surface area contributed by atoms with Crippen molar-refractivity contribution in [3.8, 4) is 5.75 Å². The fourth-order valence-corrected chi connectivity index (χ4v) is 3.45. The molecule has 2 atom stereocenters. The normalized spacial score (nSPS) is 25.0. The summed E-state index contributed by atoms with van der Waals surface area (Å²) < 4.78 is 11.1. The van der Waals surface area contributed by atoms with E-state index in [1.165, 1.54) is 16.3 Å². The summed E-state index contributed by atoms with van der Waals surface area (Å²) in [4.78, 5) is 0. The van der Waals surface area contributed by atoms with Gasteiger partial charge in [0.2, 0.25) is 0 Å². The van der Waals surface area contributed by atoms with Crippen molar-refractivity contribution < 1.29 is 9.47 Å². The summed E-state index contributed by atoms with van der Waals surface area (Å²) >= 11 is 0. The molecular formula is C18H22O2. The van der Waals surface area contributed by atoms with Crippen molar-refractivity contribution in [2.45, 2.75) is 32.8 Å². The van der Waals surface area contributed by atoms with Gasteiger partial charge in [-0.1, -0.05) is 38.1 Å². The zero-order chi connectivity index (χ0) is 14.3. The van der Waals surface area contributed by atoms with Gasteiger partial charge in [0.15, 0.2) is 0 Å². The monoisotopic (exact) mass is 270 g/mol. The highest BCUT2D eigenvalue weighted by atomic mass is 16.5. The van der Waals surface area contributed by atoms with Crippen LogP contribution in [0.3, 0.4) is 0 Å². The molecule has 0 aromatic heterocycles. The lowest BCUT2D eigenvalue weighted by molar-refractivity contribution is 0.109. The lowest BCUT2D eigenvalue weighted by Gasteiger charge is -2.27. The van der Waals surface area contributed by atoms with Crippen LogP contribution in [0, 0.1) is 5.41 Å². The molecule has 1 aliphatic rings. The van der Waals surface area contributed by atoms with Crippen LogP contribution in [0.15, 0.2) is 36.4 Å². The number of hydrogen-bond acceptors (Lipinski definition) is 2. The van der Waals surface area contributed by atoms with Crippen LogP contribution in [0.4, 0.5) is 0 Å². The van der Waals surface area contributed by atoms with E-state index in [-0.39, 0.29) is 11.5 Å². The molecule has 0 amide bonds. The number of methoxy groups -OCH3 is 1. The SMILES string of the molecule is COc1ccc2cc([C@H]3[C@H](C)OCC3(C)C)ccc2c1. The van der Waals surface area contributed by atoms with E-state index in [1.807, 2.05) is 6.07 Å². The third-order valence-corrected chi connectivity index (χ3v) is 4.46. The Labute approximate surface area is 120 Å². The molecule has 20 heavy (non-hydrogen) atoms. The van der Waals surface area contributed by atoms with Crippen LogP contribution in [0.25, 0.3) is 10.8 Å². The van der Waals surface area contributed by atoms with E-state index in [9.17, 15) is 0 Å². The lowest BCUT2D eigenvalue weighted by atomic mass is 9.75. The van der Waals surface area contributed by atoms with Crippen molar-refractivity contribution in [2.75, 3.05) is 13.7 Å². The highest BCUT2D eigenvalue weighted by Gasteiger charge is 2.41. The molecule has 0 N–H and O–H groups in total. The Bertz CT molecular complexity index is 630. The van der Waals surface area contributed by atoms with Crippen molar-refractivity contribution in [3.63, 3.8) is 0 Å². The summed E-state index contributed by atoms with van der Waals surface area (Å²) in [5.74, 6) is 1.36. The zero-order valence-electron chi connectivity index (χ0n) is 12.6. The minimum absolute atomic E-state index is 0.194. The largest absolute Gasteiger partial charge is 0.497 e. The van der Waals surface area contributed by atoms with Gasteiger partial charge in [0, 0.05) is 5.92 Å². The maximum atomic E-state index is 5.86. The van der Waals surface area contributed by atoms with E-state index < -0.39 is 0 Å². The Morgan fingerprint density at radius 1 is 1.10 bits per heavy atom. The van der Waals surface area contributed by atoms with Crippen LogP contribution >= 0.6 is 0 Å². The summed E-state index contributed by atoms with van der Waals surface area (Å²) in [6, 6.07) is 13.0. The highest BCUT2D eigenvalue weighted by molar-refractivity contribution is 5.84. The van der Waals surface area contributed by atoms with Crippen molar-refractivity contribution in [1.82, 2.24) is 0 Å². The molecule has 3 rings (SSSR count). The summed E-state index contributed by atoms with van der Waals surface area (Å²) in [6.07, 6.45) is 0.278. The number of rotatable bonds is 2. The summed E-state index contributed by atoms with van der Waals surface area (Å²) in [5, 5.41) is 2.48. The van der Waals surface area contributed by atoms with Crippen LogP contribution in [0.5, 0.6) is 5.75 Å². The van der Waals surface area contributed by atoms with Crippen LogP contribution in [0.1, 0.15) is 32.3 Å². The van der Waals surface area contributed by atoms with Gasteiger partial charge in [-0.25, -0.2) is 0 Å². The van der Waals surface area contributed by atoms with Crippen LogP contribution in [0.2, 0.25) is 0 Å². The maximum absolute atomic E-state index is 5.86. The molecule has 106 valence electrons.